The number of hydrogen-bond acceptors (Lipinski definition) is 1. The highest BCUT2D eigenvalue weighted by molar-refractivity contribution is 9.10. The van der Waals surface area contributed by atoms with Crippen LogP contribution in [0.2, 0.25) is 0 Å². The molecule has 2 aromatic heterocycles. The summed E-state index contributed by atoms with van der Waals surface area (Å²) in [6.07, 6.45) is 0. The number of fused-ring (bicyclic) bond motifs is 10. The fourth-order valence-corrected chi connectivity index (χ4v) is 7.18. The summed E-state index contributed by atoms with van der Waals surface area (Å²) in [4.78, 5) is 0. The van der Waals surface area contributed by atoms with Crippen LogP contribution in [0.25, 0.3) is 69.2 Å². The van der Waals surface area contributed by atoms with Crippen molar-refractivity contribution in [3.8, 4) is 5.69 Å². The summed E-state index contributed by atoms with van der Waals surface area (Å²) in [7, 11) is 0. The van der Waals surface area contributed by atoms with Crippen LogP contribution < -0.4 is 0 Å². The van der Waals surface area contributed by atoms with Crippen molar-refractivity contribution >= 4 is 90.8 Å². The van der Waals surface area contributed by atoms with E-state index < -0.39 is 0 Å². The van der Waals surface area contributed by atoms with Gasteiger partial charge in [-0.3, -0.25) is 0 Å². The first-order chi connectivity index (χ1) is 17.3. The lowest BCUT2D eigenvalue weighted by atomic mass is 10.0. The van der Waals surface area contributed by atoms with E-state index in [1.54, 1.807) is 0 Å². The molecule has 164 valence electrons. The van der Waals surface area contributed by atoms with Gasteiger partial charge >= 0.3 is 0 Å². The van der Waals surface area contributed by atoms with Gasteiger partial charge in [0.2, 0.25) is 0 Å². The Hall–Kier alpha value is -3.66. The summed E-state index contributed by atoms with van der Waals surface area (Å²) >= 11 is 5.61. The van der Waals surface area contributed by atoms with Crippen LogP contribution >= 0.6 is 27.3 Å². The molecule has 0 aliphatic rings. The van der Waals surface area contributed by atoms with E-state index in [-0.39, 0.29) is 0 Å². The molecular weight excluding hydrogens is 510 g/mol. The smallest absolute Gasteiger partial charge is 0.0552 e. The number of nitrogens with zero attached hydrogens (tertiary/aromatic N) is 1. The molecule has 8 aromatic rings. The normalized spacial score (nSPS) is 12.1. The average molecular weight is 528 g/mol. The molecular formula is C32H18BrNS. The third-order valence-electron chi connectivity index (χ3n) is 7.22. The SMILES string of the molecule is Brc1ccc2c3c4c(ccc3n(-c3ccc5c(ccc6ccccc65)c3)c2c1)sc1ccccc14. The fourth-order valence-electron chi connectivity index (χ4n) is 5.71. The summed E-state index contributed by atoms with van der Waals surface area (Å²) in [5, 5.41) is 10.4. The second-order valence-corrected chi connectivity index (χ2v) is 11.1. The Morgan fingerprint density at radius 1 is 0.514 bits per heavy atom. The van der Waals surface area contributed by atoms with E-state index in [0.717, 1.165) is 4.47 Å². The highest BCUT2D eigenvalue weighted by Crippen LogP contribution is 2.44. The molecule has 0 saturated carbocycles. The van der Waals surface area contributed by atoms with Gasteiger partial charge in [0.15, 0.2) is 0 Å². The van der Waals surface area contributed by atoms with Crippen LogP contribution in [-0.4, -0.2) is 4.57 Å². The Bertz CT molecular complexity index is 2130. The molecule has 0 radical (unpaired) electrons. The van der Waals surface area contributed by atoms with Gasteiger partial charge in [-0.25, -0.2) is 0 Å². The van der Waals surface area contributed by atoms with Gasteiger partial charge in [-0.05, 0) is 64.0 Å². The lowest BCUT2D eigenvalue weighted by Gasteiger charge is -2.11. The topological polar surface area (TPSA) is 4.93 Å². The summed E-state index contributed by atoms with van der Waals surface area (Å²) in [6.45, 7) is 0. The van der Waals surface area contributed by atoms with Crippen LogP contribution in [0.5, 0.6) is 0 Å². The third-order valence-corrected chi connectivity index (χ3v) is 8.85. The minimum atomic E-state index is 1.09. The molecule has 0 spiro atoms. The number of benzene rings is 6. The van der Waals surface area contributed by atoms with Crippen LogP contribution in [0, 0.1) is 0 Å². The molecule has 8 rings (SSSR count). The standard InChI is InChI=1S/C32H18BrNS/c33-21-11-13-25-28(18-21)34(22-12-14-24-20(17-22)10-9-19-5-1-2-6-23(19)24)27-15-16-30-32(31(25)27)26-7-3-4-8-29(26)35-30/h1-18H. The Balaban J connectivity index is 1.53. The summed E-state index contributed by atoms with van der Waals surface area (Å²) in [5.41, 5.74) is 3.65. The van der Waals surface area contributed by atoms with Crippen LogP contribution in [0.15, 0.2) is 114 Å². The second-order valence-electron chi connectivity index (χ2n) is 9.12. The molecule has 6 aromatic carbocycles. The predicted molar refractivity (Wildman–Crippen MR) is 156 cm³/mol. The van der Waals surface area contributed by atoms with E-state index in [0.29, 0.717) is 0 Å². The van der Waals surface area contributed by atoms with Crippen molar-refractivity contribution in [2.24, 2.45) is 0 Å². The summed E-state index contributed by atoms with van der Waals surface area (Å²) < 4.78 is 6.19. The van der Waals surface area contributed by atoms with Gasteiger partial charge < -0.3 is 4.57 Å². The zero-order valence-corrected chi connectivity index (χ0v) is 21.0. The molecule has 3 heteroatoms. The minimum Gasteiger partial charge on any atom is -0.309 e. The molecule has 0 saturated heterocycles. The Morgan fingerprint density at radius 2 is 1.29 bits per heavy atom. The third kappa shape index (κ3) is 2.74. The number of thiophene rings is 1. The fraction of sp³-hybridized carbons (Fsp3) is 0. The Labute approximate surface area is 214 Å². The molecule has 0 fully saturated rings. The maximum absolute atomic E-state index is 3.73. The zero-order chi connectivity index (χ0) is 23.1. The van der Waals surface area contributed by atoms with Crippen molar-refractivity contribution in [3.63, 3.8) is 0 Å². The largest absolute Gasteiger partial charge is 0.309 e. The highest BCUT2D eigenvalue weighted by Gasteiger charge is 2.18. The minimum absolute atomic E-state index is 1.09. The lowest BCUT2D eigenvalue weighted by molar-refractivity contribution is 1.19. The van der Waals surface area contributed by atoms with Crippen molar-refractivity contribution in [2.75, 3.05) is 0 Å². The van der Waals surface area contributed by atoms with Crippen LogP contribution in [0.4, 0.5) is 0 Å². The van der Waals surface area contributed by atoms with Gasteiger partial charge in [0.25, 0.3) is 0 Å². The highest BCUT2D eigenvalue weighted by atomic mass is 79.9. The van der Waals surface area contributed by atoms with E-state index in [9.17, 15) is 0 Å². The predicted octanol–water partition coefficient (Wildman–Crippen LogP) is 10.2. The number of rotatable bonds is 1. The number of halogens is 1. The Morgan fingerprint density at radius 3 is 2.23 bits per heavy atom. The second kappa shape index (κ2) is 7.17. The van der Waals surface area contributed by atoms with Gasteiger partial charge in [-0.2, -0.15) is 0 Å². The van der Waals surface area contributed by atoms with Gasteiger partial charge in [0.05, 0.1) is 11.0 Å². The average Bonchev–Trinajstić information content (AvgIpc) is 3.43. The van der Waals surface area contributed by atoms with Gasteiger partial charge in [-0.15, -0.1) is 11.3 Å². The zero-order valence-electron chi connectivity index (χ0n) is 18.6. The van der Waals surface area contributed by atoms with Crippen LogP contribution in [0.1, 0.15) is 0 Å². The summed E-state index contributed by atoms with van der Waals surface area (Å²) in [5.74, 6) is 0. The van der Waals surface area contributed by atoms with E-state index >= 15 is 0 Å². The lowest BCUT2D eigenvalue weighted by Crippen LogP contribution is -1.94. The van der Waals surface area contributed by atoms with E-state index in [1.807, 2.05) is 11.3 Å². The maximum Gasteiger partial charge on any atom is 0.0552 e. The van der Waals surface area contributed by atoms with Gasteiger partial charge in [0.1, 0.15) is 0 Å². The molecule has 0 amide bonds. The molecule has 0 bridgehead atoms. The molecule has 0 N–H and O–H groups in total. The van der Waals surface area contributed by atoms with E-state index in [4.69, 9.17) is 0 Å². The quantitative estimate of drug-likeness (QED) is 0.187. The van der Waals surface area contributed by atoms with Gasteiger partial charge in [0, 0.05) is 41.1 Å². The Kier molecular flexibility index (Phi) is 4.02. The van der Waals surface area contributed by atoms with Crippen molar-refractivity contribution in [1.82, 2.24) is 4.57 Å². The molecule has 0 aliphatic heterocycles. The van der Waals surface area contributed by atoms with E-state index in [2.05, 4.69) is 130 Å². The molecule has 0 aliphatic carbocycles. The first kappa shape index (κ1) is 19.6. The number of aromatic nitrogens is 1. The van der Waals surface area contributed by atoms with Crippen molar-refractivity contribution in [2.45, 2.75) is 0 Å². The van der Waals surface area contributed by atoms with Crippen LogP contribution in [-0.2, 0) is 0 Å². The molecule has 0 atom stereocenters. The molecule has 0 unspecified atom stereocenters. The maximum atomic E-state index is 3.73. The van der Waals surface area contributed by atoms with Crippen molar-refractivity contribution in [3.05, 3.63) is 114 Å². The molecule has 1 nitrogen and oxygen atoms in total. The van der Waals surface area contributed by atoms with Crippen molar-refractivity contribution < 1.29 is 0 Å². The van der Waals surface area contributed by atoms with Crippen LogP contribution in [0.3, 0.4) is 0 Å². The van der Waals surface area contributed by atoms with Crippen molar-refractivity contribution in [1.29, 1.82) is 0 Å². The van der Waals surface area contributed by atoms with E-state index in [1.165, 1.54) is 69.2 Å². The number of hydrogen-bond donors (Lipinski definition) is 0. The van der Waals surface area contributed by atoms with Gasteiger partial charge in [-0.1, -0.05) is 82.7 Å². The monoisotopic (exact) mass is 527 g/mol. The molecule has 35 heavy (non-hydrogen) atoms. The first-order valence-electron chi connectivity index (χ1n) is 11.7. The summed E-state index contributed by atoms with van der Waals surface area (Å²) in [6, 6.07) is 40.0. The molecule has 2 heterocycles. The first-order valence-corrected chi connectivity index (χ1v) is 13.3.